The van der Waals surface area contributed by atoms with Crippen molar-refractivity contribution in [3.8, 4) is 0 Å². The average Bonchev–Trinajstić information content (AvgIpc) is 2.26. The van der Waals surface area contributed by atoms with Gasteiger partial charge < -0.3 is 10.2 Å². The molecule has 2 nitrogen and oxygen atoms in total. The molecule has 2 heteroatoms. The van der Waals surface area contributed by atoms with Gasteiger partial charge in [-0.2, -0.15) is 0 Å². The summed E-state index contributed by atoms with van der Waals surface area (Å²) in [6, 6.07) is 0. The number of aliphatic hydroxyl groups is 2. The van der Waals surface area contributed by atoms with Crippen LogP contribution in [0, 0.1) is 17.3 Å². The molecule has 0 amide bonds. The second kappa shape index (κ2) is 4.25. The van der Waals surface area contributed by atoms with Crippen LogP contribution in [0.4, 0.5) is 0 Å². The van der Waals surface area contributed by atoms with Gasteiger partial charge in [-0.15, -0.1) is 0 Å². The van der Waals surface area contributed by atoms with Gasteiger partial charge in [-0.25, -0.2) is 0 Å². The molecular formula is C15H24O2. The molecule has 1 saturated carbocycles. The maximum Gasteiger partial charge on any atom is 0.0789 e. The van der Waals surface area contributed by atoms with Crippen LogP contribution in [0.1, 0.15) is 40.0 Å². The van der Waals surface area contributed by atoms with Gasteiger partial charge in [0.25, 0.3) is 0 Å². The molecule has 0 aromatic carbocycles. The lowest BCUT2D eigenvalue weighted by Gasteiger charge is -2.50. The largest absolute Gasteiger partial charge is 0.393 e. The van der Waals surface area contributed by atoms with Crippen LogP contribution in [0.5, 0.6) is 0 Å². The lowest BCUT2D eigenvalue weighted by Crippen LogP contribution is -2.45. The number of rotatable bonds is 1. The summed E-state index contributed by atoms with van der Waals surface area (Å²) in [4.78, 5) is 0. The predicted molar refractivity (Wildman–Crippen MR) is 69.5 cm³/mol. The Morgan fingerprint density at radius 3 is 2.71 bits per heavy atom. The maximum absolute atomic E-state index is 10.1. The summed E-state index contributed by atoms with van der Waals surface area (Å²) >= 11 is 0. The number of hydrogen-bond acceptors (Lipinski definition) is 2. The van der Waals surface area contributed by atoms with E-state index in [1.807, 2.05) is 13.0 Å². The van der Waals surface area contributed by atoms with Crippen LogP contribution < -0.4 is 0 Å². The third-order valence-electron chi connectivity index (χ3n) is 5.09. The molecule has 0 heterocycles. The van der Waals surface area contributed by atoms with Crippen molar-refractivity contribution < 1.29 is 10.2 Å². The Bertz CT molecular complexity index is 358. The van der Waals surface area contributed by atoms with Gasteiger partial charge >= 0.3 is 0 Å². The Morgan fingerprint density at radius 2 is 2.12 bits per heavy atom. The van der Waals surface area contributed by atoms with Crippen molar-refractivity contribution in [2.24, 2.45) is 17.3 Å². The van der Waals surface area contributed by atoms with E-state index in [0.29, 0.717) is 0 Å². The number of hydrogen-bond donors (Lipinski definition) is 2. The van der Waals surface area contributed by atoms with Gasteiger partial charge in [-0.1, -0.05) is 37.6 Å². The Hall–Kier alpha value is -0.600. The lowest BCUT2D eigenvalue weighted by molar-refractivity contribution is -0.00407. The van der Waals surface area contributed by atoms with Crippen LogP contribution >= 0.6 is 0 Å². The normalized spacial score (nSPS) is 46.1. The lowest BCUT2D eigenvalue weighted by atomic mass is 9.56. The molecule has 17 heavy (non-hydrogen) atoms. The maximum atomic E-state index is 10.1. The van der Waals surface area contributed by atoms with Crippen LogP contribution in [-0.4, -0.2) is 22.4 Å². The van der Waals surface area contributed by atoms with Crippen LogP contribution in [0.15, 0.2) is 23.8 Å². The summed E-state index contributed by atoms with van der Waals surface area (Å²) in [5.41, 5.74) is 2.40. The molecule has 0 bridgehead atoms. The molecule has 0 radical (unpaired) electrons. The van der Waals surface area contributed by atoms with Gasteiger partial charge in [0.1, 0.15) is 0 Å². The average molecular weight is 236 g/mol. The van der Waals surface area contributed by atoms with Gasteiger partial charge in [0.2, 0.25) is 0 Å². The zero-order chi connectivity index (χ0) is 12.8. The summed E-state index contributed by atoms with van der Waals surface area (Å²) in [5.74, 6) is 0.397. The highest BCUT2D eigenvalue weighted by Gasteiger charge is 2.47. The molecular weight excluding hydrogens is 212 g/mol. The van der Waals surface area contributed by atoms with Crippen molar-refractivity contribution in [2.45, 2.75) is 52.2 Å². The smallest absolute Gasteiger partial charge is 0.0789 e. The second-order valence-electron chi connectivity index (χ2n) is 6.15. The molecule has 5 unspecified atom stereocenters. The van der Waals surface area contributed by atoms with E-state index in [2.05, 4.69) is 20.4 Å². The Labute approximate surface area is 104 Å². The molecule has 0 saturated heterocycles. The van der Waals surface area contributed by atoms with Crippen LogP contribution in [0.3, 0.4) is 0 Å². The van der Waals surface area contributed by atoms with Crippen molar-refractivity contribution in [3.63, 3.8) is 0 Å². The first-order valence-electron chi connectivity index (χ1n) is 6.59. The minimum absolute atomic E-state index is 0.0283. The SMILES string of the molecule is C=C(C)C1CC2(C)C(=CC1O)CCC(O)C2C. The zero-order valence-electron chi connectivity index (χ0n) is 11.1. The van der Waals surface area contributed by atoms with E-state index in [1.54, 1.807) is 0 Å². The standard InChI is InChI=1S/C15H24O2/c1-9(2)12-8-15(4)10(3)13(16)6-5-11(15)7-14(12)17/h7,10,12-14,16-17H,1,5-6,8H2,2-4H3. The van der Waals surface area contributed by atoms with Crippen molar-refractivity contribution in [1.82, 2.24) is 0 Å². The van der Waals surface area contributed by atoms with Crippen LogP contribution in [0.25, 0.3) is 0 Å². The summed E-state index contributed by atoms with van der Waals surface area (Å²) in [6.45, 7) is 10.3. The van der Waals surface area contributed by atoms with E-state index in [1.165, 1.54) is 5.57 Å². The molecule has 2 N–H and O–H groups in total. The monoisotopic (exact) mass is 236 g/mol. The van der Waals surface area contributed by atoms with Crippen molar-refractivity contribution in [3.05, 3.63) is 23.8 Å². The van der Waals surface area contributed by atoms with E-state index in [0.717, 1.165) is 24.8 Å². The zero-order valence-corrected chi connectivity index (χ0v) is 11.1. The first-order valence-corrected chi connectivity index (χ1v) is 6.59. The molecule has 2 rings (SSSR count). The Balaban J connectivity index is 2.36. The third-order valence-corrected chi connectivity index (χ3v) is 5.09. The molecule has 5 atom stereocenters. The Kier molecular flexibility index (Phi) is 3.21. The fourth-order valence-corrected chi connectivity index (χ4v) is 3.51. The van der Waals surface area contributed by atoms with E-state index in [-0.39, 0.29) is 23.4 Å². The molecule has 0 aliphatic heterocycles. The fourth-order valence-electron chi connectivity index (χ4n) is 3.51. The third kappa shape index (κ3) is 1.98. The molecule has 0 aromatic rings. The molecule has 2 aliphatic rings. The highest BCUT2D eigenvalue weighted by Crippen LogP contribution is 2.52. The second-order valence-corrected chi connectivity index (χ2v) is 6.15. The molecule has 1 fully saturated rings. The first-order chi connectivity index (χ1) is 7.86. The summed E-state index contributed by atoms with van der Waals surface area (Å²) < 4.78 is 0. The summed E-state index contributed by atoms with van der Waals surface area (Å²) in [5, 5.41) is 20.2. The quantitative estimate of drug-likeness (QED) is 0.687. The first kappa shape index (κ1) is 12.8. The summed E-state index contributed by atoms with van der Waals surface area (Å²) in [6.07, 6.45) is 4.07. The van der Waals surface area contributed by atoms with Crippen molar-refractivity contribution in [1.29, 1.82) is 0 Å². The van der Waals surface area contributed by atoms with Crippen LogP contribution in [0.2, 0.25) is 0 Å². The highest BCUT2D eigenvalue weighted by atomic mass is 16.3. The van der Waals surface area contributed by atoms with Gasteiger partial charge in [0, 0.05) is 5.92 Å². The van der Waals surface area contributed by atoms with E-state index >= 15 is 0 Å². The Morgan fingerprint density at radius 1 is 1.47 bits per heavy atom. The van der Waals surface area contributed by atoms with E-state index in [4.69, 9.17) is 0 Å². The van der Waals surface area contributed by atoms with Gasteiger partial charge in [-0.05, 0) is 37.5 Å². The highest BCUT2D eigenvalue weighted by molar-refractivity contribution is 5.27. The number of fused-ring (bicyclic) bond motifs is 1. The van der Waals surface area contributed by atoms with Gasteiger partial charge in [-0.3, -0.25) is 0 Å². The van der Waals surface area contributed by atoms with Gasteiger partial charge in [0.05, 0.1) is 12.2 Å². The van der Waals surface area contributed by atoms with Crippen molar-refractivity contribution in [2.75, 3.05) is 0 Å². The van der Waals surface area contributed by atoms with E-state index < -0.39 is 6.10 Å². The molecule has 2 aliphatic carbocycles. The summed E-state index contributed by atoms with van der Waals surface area (Å²) in [7, 11) is 0. The topological polar surface area (TPSA) is 40.5 Å². The van der Waals surface area contributed by atoms with Crippen molar-refractivity contribution >= 4 is 0 Å². The van der Waals surface area contributed by atoms with Gasteiger partial charge in [0.15, 0.2) is 0 Å². The number of allylic oxidation sites excluding steroid dienone is 1. The molecule has 0 aromatic heterocycles. The van der Waals surface area contributed by atoms with E-state index in [9.17, 15) is 10.2 Å². The minimum atomic E-state index is -0.391. The minimum Gasteiger partial charge on any atom is -0.393 e. The van der Waals surface area contributed by atoms with Crippen LogP contribution in [-0.2, 0) is 0 Å². The predicted octanol–water partition coefficient (Wildman–Crippen LogP) is 2.67. The fraction of sp³-hybridized carbons (Fsp3) is 0.733. The number of aliphatic hydroxyl groups excluding tert-OH is 2. The molecule has 96 valence electrons. The molecule has 0 spiro atoms.